The van der Waals surface area contributed by atoms with Crippen LogP contribution in [0.5, 0.6) is 11.5 Å². The molecule has 1 spiro atoms. The normalized spacial score (nSPS) is 17.7. The third-order valence-electron chi connectivity index (χ3n) is 4.71. The van der Waals surface area contributed by atoms with Crippen LogP contribution in [0.2, 0.25) is 0 Å². The second-order valence-corrected chi connectivity index (χ2v) is 6.34. The fourth-order valence-electron chi connectivity index (χ4n) is 3.51. The Labute approximate surface area is 144 Å². The smallest absolute Gasteiger partial charge is 0.128 e. The van der Waals surface area contributed by atoms with Gasteiger partial charge in [-0.2, -0.15) is 0 Å². The fraction of sp³-hybridized carbons (Fsp3) is 0.300. The van der Waals surface area contributed by atoms with Gasteiger partial charge in [-0.3, -0.25) is 0 Å². The predicted molar refractivity (Wildman–Crippen MR) is 98.7 cm³/mol. The summed E-state index contributed by atoms with van der Waals surface area (Å²) in [4.78, 5) is 0. The van der Waals surface area contributed by atoms with Gasteiger partial charge in [-0.1, -0.05) is 49.6 Å². The van der Waals surface area contributed by atoms with Crippen LogP contribution in [0.15, 0.2) is 54.6 Å². The standard InChI is InChI=1S/C20H21NO.ClH/c1-3-7-17(8-4-1)22-18-9-10-19-16(15-18)11-14-20(21-19)12-5-2-6-13-20;/h1,3-4,7-11,14-15,21H,2,5-6,12-13H2;1H. The summed E-state index contributed by atoms with van der Waals surface area (Å²) >= 11 is 0. The molecule has 1 aliphatic carbocycles. The molecule has 4 rings (SSSR count). The van der Waals surface area contributed by atoms with Gasteiger partial charge in [0.1, 0.15) is 11.5 Å². The monoisotopic (exact) mass is 327 g/mol. The van der Waals surface area contributed by atoms with Crippen LogP contribution in [-0.4, -0.2) is 5.54 Å². The number of nitrogens with one attached hydrogen (secondary N) is 1. The second-order valence-electron chi connectivity index (χ2n) is 6.34. The van der Waals surface area contributed by atoms with Gasteiger partial charge in [0.15, 0.2) is 0 Å². The van der Waals surface area contributed by atoms with Crippen LogP contribution in [0, 0.1) is 0 Å². The highest BCUT2D eigenvalue weighted by Crippen LogP contribution is 2.39. The molecule has 0 atom stereocenters. The zero-order valence-corrected chi connectivity index (χ0v) is 13.9. The molecule has 0 aromatic heterocycles. The van der Waals surface area contributed by atoms with Gasteiger partial charge in [0.2, 0.25) is 0 Å². The Bertz CT molecular complexity index is 690. The molecule has 1 saturated carbocycles. The molecule has 3 heteroatoms. The molecular weight excluding hydrogens is 306 g/mol. The molecule has 1 fully saturated rings. The Morgan fingerprint density at radius 3 is 2.43 bits per heavy atom. The largest absolute Gasteiger partial charge is 0.457 e. The minimum Gasteiger partial charge on any atom is -0.457 e. The third kappa shape index (κ3) is 3.37. The third-order valence-corrected chi connectivity index (χ3v) is 4.71. The molecule has 120 valence electrons. The average Bonchev–Trinajstić information content (AvgIpc) is 2.57. The van der Waals surface area contributed by atoms with E-state index in [2.05, 4.69) is 35.7 Å². The Morgan fingerprint density at radius 1 is 0.870 bits per heavy atom. The molecular formula is C20H22ClNO. The summed E-state index contributed by atoms with van der Waals surface area (Å²) in [5.41, 5.74) is 2.63. The lowest BCUT2D eigenvalue weighted by atomic mass is 9.79. The Morgan fingerprint density at radius 2 is 1.65 bits per heavy atom. The number of anilines is 1. The van der Waals surface area contributed by atoms with Crippen molar-refractivity contribution in [3.8, 4) is 11.5 Å². The van der Waals surface area contributed by atoms with Crippen LogP contribution in [0.4, 0.5) is 5.69 Å². The Hall–Kier alpha value is -1.93. The Kier molecular flexibility index (Phi) is 4.63. The first kappa shape index (κ1) is 15.9. The van der Waals surface area contributed by atoms with E-state index in [1.807, 2.05) is 30.3 Å². The molecule has 2 aromatic rings. The van der Waals surface area contributed by atoms with Crippen molar-refractivity contribution in [1.82, 2.24) is 0 Å². The number of para-hydroxylation sites is 1. The number of benzene rings is 2. The maximum absolute atomic E-state index is 5.92. The summed E-state index contributed by atoms with van der Waals surface area (Å²) in [6.45, 7) is 0. The van der Waals surface area contributed by atoms with E-state index in [0.717, 1.165) is 11.5 Å². The van der Waals surface area contributed by atoms with Gasteiger partial charge in [-0.25, -0.2) is 0 Å². The van der Waals surface area contributed by atoms with E-state index in [9.17, 15) is 0 Å². The van der Waals surface area contributed by atoms with Crippen molar-refractivity contribution in [2.24, 2.45) is 0 Å². The van der Waals surface area contributed by atoms with E-state index in [1.54, 1.807) is 0 Å². The van der Waals surface area contributed by atoms with Crippen molar-refractivity contribution >= 4 is 24.2 Å². The number of ether oxygens (including phenoxy) is 1. The van der Waals surface area contributed by atoms with Gasteiger partial charge in [-0.05, 0) is 43.2 Å². The molecule has 0 bridgehead atoms. The van der Waals surface area contributed by atoms with E-state index in [4.69, 9.17) is 4.74 Å². The zero-order valence-electron chi connectivity index (χ0n) is 13.1. The fourth-order valence-corrected chi connectivity index (χ4v) is 3.51. The first-order valence-corrected chi connectivity index (χ1v) is 8.17. The summed E-state index contributed by atoms with van der Waals surface area (Å²) in [5, 5.41) is 3.76. The molecule has 0 unspecified atom stereocenters. The summed E-state index contributed by atoms with van der Waals surface area (Å²) in [5.74, 6) is 1.76. The van der Waals surface area contributed by atoms with E-state index in [0.29, 0.717) is 0 Å². The second kappa shape index (κ2) is 6.67. The van der Waals surface area contributed by atoms with Crippen molar-refractivity contribution in [3.05, 3.63) is 60.2 Å². The summed E-state index contributed by atoms with van der Waals surface area (Å²) in [6.07, 6.45) is 11.1. The van der Waals surface area contributed by atoms with Crippen LogP contribution >= 0.6 is 12.4 Å². The van der Waals surface area contributed by atoms with Gasteiger partial charge in [0.05, 0.1) is 5.54 Å². The first-order valence-electron chi connectivity index (χ1n) is 8.17. The molecule has 2 nitrogen and oxygen atoms in total. The number of hydrogen-bond acceptors (Lipinski definition) is 2. The quantitative estimate of drug-likeness (QED) is 0.725. The zero-order chi connectivity index (χ0) is 14.8. The minimum atomic E-state index is 0. The lowest BCUT2D eigenvalue weighted by Gasteiger charge is -2.39. The average molecular weight is 328 g/mol. The van der Waals surface area contributed by atoms with Gasteiger partial charge in [-0.15, -0.1) is 12.4 Å². The van der Waals surface area contributed by atoms with Gasteiger partial charge in [0.25, 0.3) is 0 Å². The predicted octanol–water partition coefficient (Wildman–Crippen LogP) is 6.04. The van der Waals surface area contributed by atoms with Gasteiger partial charge < -0.3 is 10.1 Å². The molecule has 23 heavy (non-hydrogen) atoms. The maximum Gasteiger partial charge on any atom is 0.128 e. The molecule has 2 aliphatic rings. The van der Waals surface area contributed by atoms with Crippen LogP contribution in [0.3, 0.4) is 0 Å². The summed E-state index contributed by atoms with van der Waals surface area (Å²) in [7, 11) is 0. The lowest BCUT2D eigenvalue weighted by Crippen LogP contribution is -2.39. The van der Waals surface area contributed by atoms with Crippen molar-refractivity contribution in [1.29, 1.82) is 0 Å². The summed E-state index contributed by atoms with van der Waals surface area (Å²) in [6, 6.07) is 16.2. The van der Waals surface area contributed by atoms with Crippen molar-refractivity contribution in [3.63, 3.8) is 0 Å². The number of halogens is 1. The molecule has 1 heterocycles. The molecule has 1 aliphatic heterocycles. The first-order chi connectivity index (χ1) is 10.8. The van der Waals surface area contributed by atoms with Crippen molar-refractivity contribution < 1.29 is 4.74 Å². The Balaban J connectivity index is 0.00000156. The van der Waals surface area contributed by atoms with Gasteiger partial charge >= 0.3 is 0 Å². The van der Waals surface area contributed by atoms with Crippen LogP contribution < -0.4 is 10.1 Å². The van der Waals surface area contributed by atoms with Crippen LogP contribution in [0.25, 0.3) is 6.08 Å². The number of rotatable bonds is 2. The lowest BCUT2D eigenvalue weighted by molar-refractivity contribution is 0.384. The molecule has 1 N–H and O–H groups in total. The van der Waals surface area contributed by atoms with Crippen molar-refractivity contribution in [2.75, 3.05) is 5.32 Å². The highest BCUT2D eigenvalue weighted by atomic mass is 35.5. The van der Waals surface area contributed by atoms with Crippen LogP contribution in [0.1, 0.15) is 37.7 Å². The maximum atomic E-state index is 5.92. The SMILES string of the molecule is C1=CC2(CCCCC2)Nc2ccc(Oc3ccccc3)cc21.Cl. The van der Waals surface area contributed by atoms with E-state index in [-0.39, 0.29) is 17.9 Å². The number of fused-ring (bicyclic) bond motifs is 1. The molecule has 0 saturated heterocycles. The highest BCUT2D eigenvalue weighted by Gasteiger charge is 2.31. The summed E-state index contributed by atoms with van der Waals surface area (Å²) < 4.78 is 5.92. The molecule has 0 amide bonds. The van der Waals surface area contributed by atoms with Crippen molar-refractivity contribution in [2.45, 2.75) is 37.6 Å². The van der Waals surface area contributed by atoms with Gasteiger partial charge in [0, 0.05) is 11.3 Å². The topological polar surface area (TPSA) is 21.3 Å². The minimum absolute atomic E-state index is 0. The van der Waals surface area contributed by atoms with Crippen LogP contribution in [-0.2, 0) is 0 Å². The van der Waals surface area contributed by atoms with E-state index >= 15 is 0 Å². The molecule has 2 aromatic carbocycles. The van der Waals surface area contributed by atoms with E-state index in [1.165, 1.54) is 43.4 Å². The highest BCUT2D eigenvalue weighted by molar-refractivity contribution is 5.85. The number of hydrogen-bond donors (Lipinski definition) is 1. The molecule has 0 radical (unpaired) electrons. The van der Waals surface area contributed by atoms with E-state index < -0.39 is 0 Å².